The van der Waals surface area contributed by atoms with Crippen molar-refractivity contribution in [1.82, 2.24) is 15.0 Å². The highest BCUT2D eigenvalue weighted by molar-refractivity contribution is 6.30. The molecule has 3 nitrogen and oxygen atoms in total. The maximum absolute atomic E-state index is 5.39. The predicted molar refractivity (Wildman–Crippen MR) is 270 cm³/mol. The lowest BCUT2D eigenvalue weighted by atomic mass is 9.91. The van der Waals surface area contributed by atoms with E-state index in [4.69, 9.17) is 15.0 Å². The van der Waals surface area contributed by atoms with E-state index in [0.29, 0.717) is 17.5 Å². The highest BCUT2D eigenvalue weighted by atomic mass is 15.0. The number of aromatic nitrogens is 3. The van der Waals surface area contributed by atoms with Crippen molar-refractivity contribution in [2.75, 3.05) is 0 Å². The SMILES string of the molecule is c1ccc(-c2cc(-c3ccccc3)cc(-c3nc(-c4ccccc4)nc(-c4ccc5c6ccccc6c6ccccc6c6ccccc6c6c7ccccc7ccc6c5c4)n3)c2)cc1. The van der Waals surface area contributed by atoms with E-state index in [1.807, 2.05) is 18.2 Å². The molecule has 3 heteroatoms. The van der Waals surface area contributed by atoms with Gasteiger partial charge in [0.25, 0.3) is 0 Å². The second kappa shape index (κ2) is 15.7. The van der Waals surface area contributed by atoms with Gasteiger partial charge in [-0.05, 0) is 111 Å². The van der Waals surface area contributed by atoms with E-state index in [0.717, 1.165) is 55.1 Å². The lowest BCUT2D eigenvalue weighted by Gasteiger charge is -2.14. The average Bonchev–Trinajstić information content (AvgIpc) is 3.38. The fourth-order valence-electron chi connectivity index (χ4n) is 9.47. The van der Waals surface area contributed by atoms with Crippen LogP contribution in [0.5, 0.6) is 0 Å². The van der Waals surface area contributed by atoms with Gasteiger partial charge in [-0.1, -0.05) is 212 Å². The first-order valence-corrected chi connectivity index (χ1v) is 21.8. The predicted octanol–water partition coefficient (Wildman–Crippen LogP) is 16.3. The molecule has 0 radical (unpaired) electrons. The molecule has 0 aliphatic rings. The van der Waals surface area contributed by atoms with Crippen LogP contribution in [0.2, 0.25) is 0 Å². The summed E-state index contributed by atoms with van der Waals surface area (Å²) in [6, 6.07) is 84.6. The van der Waals surface area contributed by atoms with E-state index in [1.54, 1.807) is 0 Å². The van der Waals surface area contributed by atoms with Crippen molar-refractivity contribution in [3.63, 3.8) is 0 Å². The minimum absolute atomic E-state index is 0.608. The number of nitrogens with zero attached hydrogens (tertiary/aromatic N) is 3. The fourth-order valence-corrected chi connectivity index (χ4v) is 9.47. The van der Waals surface area contributed by atoms with Crippen molar-refractivity contribution in [2.24, 2.45) is 0 Å². The minimum Gasteiger partial charge on any atom is -0.208 e. The van der Waals surface area contributed by atoms with E-state index in [9.17, 15) is 0 Å². The number of hydrogen-bond donors (Lipinski definition) is 0. The van der Waals surface area contributed by atoms with Crippen LogP contribution in [0.15, 0.2) is 237 Å². The third-order valence-corrected chi connectivity index (χ3v) is 12.5. The Morgan fingerprint density at radius 3 is 1.09 bits per heavy atom. The van der Waals surface area contributed by atoms with Gasteiger partial charge in [0.05, 0.1) is 0 Å². The zero-order chi connectivity index (χ0) is 42.4. The van der Waals surface area contributed by atoms with Gasteiger partial charge in [-0.25, -0.2) is 15.0 Å². The molecule has 0 spiro atoms. The summed E-state index contributed by atoms with van der Waals surface area (Å²) in [5, 5.41) is 14.2. The van der Waals surface area contributed by atoms with Gasteiger partial charge in [0, 0.05) is 16.7 Å². The highest BCUT2D eigenvalue weighted by Crippen LogP contribution is 2.40. The molecule has 0 amide bonds. The molecule has 298 valence electrons. The molecule has 11 aromatic carbocycles. The van der Waals surface area contributed by atoms with Crippen LogP contribution in [0.1, 0.15) is 0 Å². The lowest BCUT2D eigenvalue weighted by Crippen LogP contribution is -2.00. The van der Waals surface area contributed by atoms with Gasteiger partial charge in [-0.2, -0.15) is 0 Å². The van der Waals surface area contributed by atoms with E-state index in [1.165, 1.54) is 48.5 Å². The molecule has 0 aliphatic heterocycles. The second-order valence-electron chi connectivity index (χ2n) is 16.3. The minimum atomic E-state index is 0.608. The van der Waals surface area contributed by atoms with Crippen molar-refractivity contribution < 1.29 is 0 Å². The Morgan fingerprint density at radius 2 is 0.547 bits per heavy atom. The van der Waals surface area contributed by atoms with Gasteiger partial charge in [0.15, 0.2) is 17.5 Å². The van der Waals surface area contributed by atoms with Crippen LogP contribution >= 0.6 is 0 Å². The molecule has 0 saturated carbocycles. The van der Waals surface area contributed by atoms with Crippen molar-refractivity contribution in [3.8, 4) is 56.4 Å². The molecule has 12 rings (SSSR count). The maximum atomic E-state index is 5.39. The molecular weight excluding hydrogens is 775 g/mol. The summed E-state index contributed by atoms with van der Waals surface area (Å²) < 4.78 is 0. The molecule has 0 bridgehead atoms. The standard InChI is InChI=1S/C61H39N3/c1-4-18-40(19-5-1)45-36-46(41-20-6-2-7-21-41)38-47(37-45)61-63-59(43-23-8-3-9-24-43)62-60(64-61)44-33-34-54-52-29-15-13-27-50(52)49-26-12-14-28-51(49)53-30-16-17-31-55(53)58-48-25-11-10-22-42(48)32-35-56(58)57(54)39-44/h1-39H. The third kappa shape index (κ3) is 6.59. The third-order valence-electron chi connectivity index (χ3n) is 12.5. The molecule has 0 saturated heterocycles. The molecule has 0 aliphatic carbocycles. The summed E-state index contributed by atoms with van der Waals surface area (Å²) in [5.41, 5.74) is 7.20. The van der Waals surface area contributed by atoms with E-state index >= 15 is 0 Å². The van der Waals surface area contributed by atoms with E-state index in [-0.39, 0.29) is 0 Å². The topological polar surface area (TPSA) is 38.7 Å². The quantitative estimate of drug-likeness (QED) is 0.174. The summed E-state index contributed by atoms with van der Waals surface area (Å²) in [6.07, 6.45) is 0. The molecule has 64 heavy (non-hydrogen) atoms. The van der Waals surface area contributed by atoms with E-state index in [2.05, 4.69) is 218 Å². The molecule has 0 unspecified atom stereocenters. The number of hydrogen-bond acceptors (Lipinski definition) is 3. The monoisotopic (exact) mass is 813 g/mol. The Morgan fingerprint density at radius 1 is 0.188 bits per heavy atom. The average molecular weight is 814 g/mol. The number of fused-ring (bicyclic) bond motifs is 12. The van der Waals surface area contributed by atoms with Crippen LogP contribution in [-0.2, 0) is 0 Å². The van der Waals surface area contributed by atoms with Gasteiger partial charge in [0.2, 0.25) is 0 Å². The van der Waals surface area contributed by atoms with Crippen molar-refractivity contribution in [1.29, 1.82) is 0 Å². The zero-order valence-electron chi connectivity index (χ0n) is 34.9. The first-order chi connectivity index (χ1) is 31.7. The second-order valence-corrected chi connectivity index (χ2v) is 16.3. The zero-order valence-corrected chi connectivity index (χ0v) is 34.9. The highest BCUT2D eigenvalue weighted by Gasteiger charge is 2.17. The molecular formula is C61H39N3. The molecule has 0 N–H and O–H groups in total. The maximum Gasteiger partial charge on any atom is 0.164 e. The number of benzene rings is 10. The van der Waals surface area contributed by atoms with Gasteiger partial charge < -0.3 is 0 Å². The number of rotatable bonds is 5. The van der Waals surface area contributed by atoms with Crippen LogP contribution in [0.4, 0.5) is 0 Å². The van der Waals surface area contributed by atoms with Crippen LogP contribution in [0.3, 0.4) is 0 Å². The van der Waals surface area contributed by atoms with Crippen LogP contribution in [0, 0.1) is 0 Å². The molecule has 12 aromatic rings. The van der Waals surface area contributed by atoms with Gasteiger partial charge in [-0.3, -0.25) is 0 Å². The first kappa shape index (κ1) is 37.2. The Bertz CT molecular complexity index is 3770. The molecule has 1 aromatic heterocycles. The smallest absolute Gasteiger partial charge is 0.164 e. The fraction of sp³-hybridized carbons (Fsp3) is 0. The van der Waals surface area contributed by atoms with Crippen LogP contribution in [0.25, 0.3) is 121 Å². The van der Waals surface area contributed by atoms with Crippen molar-refractivity contribution in [3.05, 3.63) is 237 Å². The van der Waals surface area contributed by atoms with Gasteiger partial charge >= 0.3 is 0 Å². The van der Waals surface area contributed by atoms with Gasteiger partial charge in [0.1, 0.15) is 0 Å². The summed E-state index contributed by atoms with van der Waals surface area (Å²) in [6.45, 7) is 0. The van der Waals surface area contributed by atoms with Gasteiger partial charge in [-0.15, -0.1) is 0 Å². The molecule has 0 fully saturated rings. The Hall–Kier alpha value is -8.53. The van der Waals surface area contributed by atoms with Crippen LogP contribution < -0.4 is 0 Å². The summed E-state index contributed by atoms with van der Waals surface area (Å²) in [5.74, 6) is 1.84. The van der Waals surface area contributed by atoms with Crippen molar-refractivity contribution >= 4 is 64.6 Å². The Balaban J connectivity index is 1.20. The summed E-state index contributed by atoms with van der Waals surface area (Å²) in [4.78, 5) is 15.9. The first-order valence-electron chi connectivity index (χ1n) is 21.8. The Labute approximate surface area is 371 Å². The van der Waals surface area contributed by atoms with Crippen LogP contribution in [-0.4, -0.2) is 15.0 Å². The molecule has 0 atom stereocenters. The van der Waals surface area contributed by atoms with E-state index < -0.39 is 0 Å². The largest absolute Gasteiger partial charge is 0.208 e. The lowest BCUT2D eigenvalue weighted by molar-refractivity contribution is 1.07. The summed E-state index contributed by atoms with van der Waals surface area (Å²) >= 11 is 0. The summed E-state index contributed by atoms with van der Waals surface area (Å²) in [7, 11) is 0. The normalized spacial score (nSPS) is 11.4. The molecule has 1 heterocycles. The Kier molecular flexibility index (Phi) is 9.16. The van der Waals surface area contributed by atoms with Crippen molar-refractivity contribution in [2.45, 2.75) is 0 Å².